The quantitative estimate of drug-likeness (QED) is 0.562. The van der Waals surface area contributed by atoms with Crippen LogP contribution in [0.25, 0.3) is 0 Å². The number of carbonyl (C=O) groups is 1. The lowest BCUT2D eigenvalue weighted by molar-refractivity contribution is -0.118. The molecule has 5 nitrogen and oxygen atoms in total. The van der Waals surface area contributed by atoms with E-state index in [4.69, 9.17) is 11.6 Å². The first kappa shape index (κ1) is 20.1. The normalized spacial score (nSPS) is 15.7. The summed E-state index contributed by atoms with van der Waals surface area (Å²) in [7, 11) is 0. The molecule has 0 bridgehead atoms. The van der Waals surface area contributed by atoms with Crippen molar-refractivity contribution in [2.24, 2.45) is 0 Å². The molecule has 3 rings (SSSR count). The molecule has 144 valence electrons. The number of halogens is 1. The lowest BCUT2D eigenvalue weighted by Crippen LogP contribution is -2.37. The highest BCUT2D eigenvalue weighted by molar-refractivity contribution is 7.99. The molecule has 1 N–H and O–H groups in total. The minimum absolute atomic E-state index is 0.00557. The molecule has 7 heteroatoms. The number of amides is 1. The van der Waals surface area contributed by atoms with E-state index in [1.165, 1.54) is 24.6 Å². The van der Waals surface area contributed by atoms with Crippen LogP contribution in [0, 0.1) is 13.8 Å². The smallest absolute Gasteiger partial charge is 0.230 e. The van der Waals surface area contributed by atoms with Crippen molar-refractivity contribution in [1.29, 1.82) is 0 Å². The predicted molar refractivity (Wildman–Crippen MR) is 110 cm³/mol. The van der Waals surface area contributed by atoms with Crippen LogP contribution in [0.3, 0.4) is 0 Å². The van der Waals surface area contributed by atoms with Crippen LogP contribution in [-0.4, -0.2) is 46.2 Å². The van der Waals surface area contributed by atoms with Crippen LogP contribution >= 0.6 is 23.4 Å². The third-order valence-corrected chi connectivity index (χ3v) is 5.68. The molecule has 0 aliphatic carbocycles. The lowest BCUT2D eigenvalue weighted by Gasteiger charge is -2.28. The summed E-state index contributed by atoms with van der Waals surface area (Å²) < 4.78 is 0. The average molecular weight is 405 g/mol. The maximum atomic E-state index is 12.4. The van der Waals surface area contributed by atoms with Gasteiger partial charge in [-0.25, -0.2) is 9.97 Å². The van der Waals surface area contributed by atoms with Gasteiger partial charge >= 0.3 is 0 Å². The first-order valence-electron chi connectivity index (χ1n) is 9.22. The van der Waals surface area contributed by atoms with E-state index in [9.17, 15) is 4.79 Å². The summed E-state index contributed by atoms with van der Waals surface area (Å²) in [6, 6.07) is 10.0. The molecule has 1 atom stereocenters. The number of rotatable bonds is 7. The van der Waals surface area contributed by atoms with Gasteiger partial charge in [-0.2, -0.15) is 0 Å². The molecule has 1 saturated heterocycles. The second-order valence-corrected chi connectivity index (χ2v) is 8.22. The van der Waals surface area contributed by atoms with Gasteiger partial charge in [-0.1, -0.05) is 35.5 Å². The van der Waals surface area contributed by atoms with Crippen LogP contribution in [0.5, 0.6) is 0 Å². The monoisotopic (exact) mass is 404 g/mol. The van der Waals surface area contributed by atoms with E-state index < -0.39 is 0 Å². The second-order valence-electron chi connectivity index (χ2n) is 6.84. The summed E-state index contributed by atoms with van der Waals surface area (Å²) in [5.74, 6) is 0.305. The highest BCUT2D eigenvalue weighted by Crippen LogP contribution is 2.26. The highest BCUT2D eigenvalue weighted by Gasteiger charge is 2.24. The maximum absolute atomic E-state index is 12.4. The Balaban J connectivity index is 1.58. The summed E-state index contributed by atoms with van der Waals surface area (Å²) >= 11 is 7.55. The van der Waals surface area contributed by atoms with Gasteiger partial charge in [-0.05, 0) is 63.5 Å². The van der Waals surface area contributed by atoms with E-state index >= 15 is 0 Å². The number of hydrogen-bond acceptors (Lipinski definition) is 5. The number of likely N-dealkylation sites (tertiary alicyclic amines) is 1. The molecule has 0 saturated carbocycles. The van der Waals surface area contributed by atoms with Crippen molar-refractivity contribution < 1.29 is 4.79 Å². The van der Waals surface area contributed by atoms with E-state index in [0.29, 0.717) is 17.5 Å². The first-order valence-corrected chi connectivity index (χ1v) is 10.6. The zero-order valence-corrected chi connectivity index (χ0v) is 17.3. The summed E-state index contributed by atoms with van der Waals surface area (Å²) in [5, 5.41) is 4.45. The van der Waals surface area contributed by atoms with E-state index in [0.717, 1.165) is 35.1 Å². The predicted octanol–water partition coefficient (Wildman–Crippen LogP) is 3.79. The van der Waals surface area contributed by atoms with E-state index in [2.05, 4.69) is 26.3 Å². The van der Waals surface area contributed by atoms with Crippen molar-refractivity contribution in [3.05, 3.63) is 52.3 Å². The number of thioether (sulfide) groups is 1. The molecule has 1 aliphatic rings. The van der Waals surface area contributed by atoms with Crippen LogP contribution in [-0.2, 0) is 4.79 Å². The zero-order chi connectivity index (χ0) is 19.2. The molecule has 1 aliphatic heterocycles. The molecule has 1 fully saturated rings. The van der Waals surface area contributed by atoms with Gasteiger partial charge in [0.05, 0.1) is 11.8 Å². The van der Waals surface area contributed by atoms with Gasteiger partial charge in [0, 0.05) is 23.0 Å². The fourth-order valence-electron chi connectivity index (χ4n) is 3.37. The van der Waals surface area contributed by atoms with Gasteiger partial charge in [0.1, 0.15) is 0 Å². The number of nitrogens with zero attached hydrogens (tertiary/aromatic N) is 3. The number of benzene rings is 1. The largest absolute Gasteiger partial charge is 0.353 e. The van der Waals surface area contributed by atoms with Gasteiger partial charge in [0.15, 0.2) is 5.16 Å². The van der Waals surface area contributed by atoms with Gasteiger partial charge in [0.25, 0.3) is 0 Å². The van der Waals surface area contributed by atoms with Gasteiger partial charge in [0.2, 0.25) is 5.91 Å². The summed E-state index contributed by atoms with van der Waals surface area (Å²) in [5.41, 5.74) is 2.98. The summed E-state index contributed by atoms with van der Waals surface area (Å²) in [6.45, 7) is 6.55. The molecule has 27 heavy (non-hydrogen) atoms. The molecule has 2 heterocycles. The Kier molecular flexibility index (Phi) is 7.10. The van der Waals surface area contributed by atoms with Crippen LogP contribution in [0.2, 0.25) is 5.02 Å². The third-order valence-electron chi connectivity index (χ3n) is 4.60. The van der Waals surface area contributed by atoms with Crippen LogP contribution < -0.4 is 5.32 Å². The second kappa shape index (κ2) is 9.53. The third kappa shape index (κ3) is 5.92. The molecule has 1 aromatic heterocycles. The minimum atomic E-state index is -0.00557. The van der Waals surface area contributed by atoms with Gasteiger partial charge < -0.3 is 5.32 Å². The van der Waals surface area contributed by atoms with E-state index in [1.54, 1.807) is 0 Å². The maximum Gasteiger partial charge on any atom is 0.230 e. The van der Waals surface area contributed by atoms with E-state index in [1.807, 2.05) is 38.1 Å². The molecule has 0 radical (unpaired) electrons. The fourth-order valence-corrected chi connectivity index (χ4v) is 4.35. The van der Waals surface area contributed by atoms with Crippen LogP contribution in [0.15, 0.2) is 35.5 Å². The lowest BCUT2D eigenvalue weighted by atomic mass is 10.1. The number of nitrogens with one attached hydrogen (secondary N) is 1. The van der Waals surface area contributed by atoms with Crippen molar-refractivity contribution >= 4 is 29.3 Å². The molecule has 2 aromatic rings. The molecule has 1 aromatic carbocycles. The molecule has 1 amide bonds. The Labute approximate surface area is 169 Å². The molecule has 0 spiro atoms. The Bertz CT molecular complexity index is 775. The Morgan fingerprint density at radius 2 is 1.93 bits per heavy atom. The first-order chi connectivity index (χ1) is 13.0. The van der Waals surface area contributed by atoms with Crippen molar-refractivity contribution in [2.75, 3.05) is 25.4 Å². The number of carbonyl (C=O) groups excluding carboxylic acids is 1. The van der Waals surface area contributed by atoms with Crippen LogP contribution in [0.1, 0.15) is 35.8 Å². The van der Waals surface area contributed by atoms with Gasteiger partial charge in [-0.3, -0.25) is 9.69 Å². The summed E-state index contributed by atoms with van der Waals surface area (Å²) in [4.78, 5) is 23.5. The highest BCUT2D eigenvalue weighted by atomic mass is 35.5. The van der Waals surface area contributed by atoms with Gasteiger partial charge in [-0.15, -0.1) is 0 Å². The van der Waals surface area contributed by atoms with E-state index in [-0.39, 0.29) is 11.9 Å². The van der Waals surface area contributed by atoms with Crippen molar-refractivity contribution in [3.8, 4) is 0 Å². The fraction of sp³-hybridized carbons (Fsp3) is 0.450. The molecular formula is C20H25ClN4OS. The topological polar surface area (TPSA) is 58.1 Å². The number of aryl methyl sites for hydroxylation is 2. The SMILES string of the molecule is Cc1cc(C)nc(SCC(=O)NCC(c2cccc(Cl)c2)N2CCCC2)n1. The van der Waals surface area contributed by atoms with Crippen molar-refractivity contribution in [3.63, 3.8) is 0 Å². The minimum Gasteiger partial charge on any atom is -0.353 e. The molecule has 1 unspecified atom stereocenters. The number of hydrogen-bond donors (Lipinski definition) is 1. The standard InChI is InChI=1S/C20H25ClN4OS/c1-14-10-15(2)24-20(23-14)27-13-19(26)22-12-18(25-8-3-4-9-25)16-6-5-7-17(21)11-16/h5-7,10-11,18H,3-4,8-9,12-13H2,1-2H3,(H,22,26). The average Bonchev–Trinajstić information content (AvgIpc) is 3.14. The number of aromatic nitrogens is 2. The Hall–Kier alpha value is -1.63. The van der Waals surface area contributed by atoms with Crippen molar-refractivity contribution in [2.45, 2.75) is 37.9 Å². The Morgan fingerprint density at radius 3 is 2.59 bits per heavy atom. The Morgan fingerprint density at radius 1 is 1.22 bits per heavy atom. The zero-order valence-electron chi connectivity index (χ0n) is 15.7. The van der Waals surface area contributed by atoms with Crippen LogP contribution in [0.4, 0.5) is 0 Å². The molecular weight excluding hydrogens is 380 g/mol. The summed E-state index contributed by atoms with van der Waals surface area (Å²) in [6.07, 6.45) is 2.40. The van der Waals surface area contributed by atoms with Crippen molar-refractivity contribution in [1.82, 2.24) is 20.2 Å².